The highest BCUT2D eigenvalue weighted by atomic mass is 16.6. The zero-order valence-electron chi connectivity index (χ0n) is 11.2. The Bertz CT molecular complexity index is 328. The van der Waals surface area contributed by atoms with Crippen LogP contribution >= 0.6 is 0 Å². The highest BCUT2D eigenvalue weighted by molar-refractivity contribution is 5.68. The number of amides is 1. The van der Waals surface area contributed by atoms with Crippen LogP contribution in [0, 0.1) is 17.3 Å². The molecule has 0 N–H and O–H groups in total. The van der Waals surface area contributed by atoms with Gasteiger partial charge < -0.3 is 9.64 Å². The van der Waals surface area contributed by atoms with Crippen molar-refractivity contribution in [3.05, 3.63) is 0 Å². The normalized spacial score (nSPS) is 39.6. The minimum absolute atomic E-state index is 0.119. The number of hydrogen-bond donors (Lipinski definition) is 0. The van der Waals surface area contributed by atoms with Crippen molar-refractivity contribution >= 4 is 6.09 Å². The number of rotatable bonds is 1. The van der Waals surface area contributed by atoms with Crippen LogP contribution in [0.25, 0.3) is 0 Å². The fourth-order valence-electron chi connectivity index (χ4n) is 3.80. The summed E-state index contributed by atoms with van der Waals surface area (Å²) >= 11 is 0. The molecule has 1 amide bonds. The largest absolute Gasteiger partial charge is 0.444 e. The lowest BCUT2D eigenvalue weighted by Crippen LogP contribution is -2.56. The fourth-order valence-corrected chi connectivity index (χ4v) is 3.80. The van der Waals surface area contributed by atoms with Crippen molar-refractivity contribution in [3.63, 3.8) is 0 Å². The van der Waals surface area contributed by atoms with Crippen molar-refractivity contribution in [2.75, 3.05) is 13.1 Å². The summed E-state index contributed by atoms with van der Waals surface area (Å²) in [6.07, 6.45) is 5.36. The van der Waals surface area contributed by atoms with Gasteiger partial charge in [0.05, 0.1) is 0 Å². The molecule has 3 saturated carbocycles. The van der Waals surface area contributed by atoms with E-state index in [9.17, 15) is 4.79 Å². The summed E-state index contributed by atoms with van der Waals surface area (Å²) < 4.78 is 5.43. The lowest BCUT2D eigenvalue weighted by molar-refractivity contribution is -0.147. The summed E-state index contributed by atoms with van der Waals surface area (Å²) in [6.45, 7) is 7.62. The quantitative estimate of drug-likeness (QED) is 0.701. The van der Waals surface area contributed by atoms with Gasteiger partial charge in [0.15, 0.2) is 0 Å². The first kappa shape index (κ1) is 11.4. The molecule has 3 nitrogen and oxygen atoms in total. The summed E-state index contributed by atoms with van der Waals surface area (Å²) in [5, 5.41) is 0. The van der Waals surface area contributed by atoms with Gasteiger partial charge in [0.25, 0.3) is 0 Å². The molecule has 4 fully saturated rings. The van der Waals surface area contributed by atoms with Crippen LogP contribution in [-0.4, -0.2) is 29.7 Å². The third-order valence-electron chi connectivity index (χ3n) is 4.79. The zero-order chi connectivity index (χ0) is 12.3. The first-order chi connectivity index (χ1) is 7.88. The number of hydrogen-bond acceptors (Lipinski definition) is 2. The Balaban J connectivity index is 1.55. The van der Waals surface area contributed by atoms with E-state index < -0.39 is 0 Å². The summed E-state index contributed by atoms with van der Waals surface area (Å²) in [5.74, 6) is 1.78. The summed E-state index contributed by atoms with van der Waals surface area (Å²) in [5.41, 5.74) is 0.271. The van der Waals surface area contributed by atoms with Crippen molar-refractivity contribution in [1.82, 2.24) is 4.90 Å². The standard InChI is InChI=1S/C14H23NO2/c1-13(2,3)17-12(16)15-5-4-11(9-15)14-6-10(7-14)8-14/h10-11H,4-9H2,1-3H3. The number of likely N-dealkylation sites (tertiary alicyclic amines) is 1. The van der Waals surface area contributed by atoms with E-state index in [1.165, 1.54) is 25.7 Å². The van der Waals surface area contributed by atoms with Crippen LogP contribution in [0.15, 0.2) is 0 Å². The van der Waals surface area contributed by atoms with E-state index in [1.54, 1.807) is 0 Å². The molecule has 0 aromatic carbocycles. The maximum atomic E-state index is 12.0. The third kappa shape index (κ3) is 1.84. The minimum Gasteiger partial charge on any atom is -0.444 e. The van der Waals surface area contributed by atoms with Crippen LogP contribution in [0.3, 0.4) is 0 Å². The molecule has 1 unspecified atom stereocenters. The van der Waals surface area contributed by atoms with E-state index in [1.807, 2.05) is 25.7 Å². The molecule has 3 aliphatic carbocycles. The lowest BCUT2D eigenvalue weighted by atomic mass is 9.40. The molecule has 1 aliphatic heterocycles. The van der Waals surface area contributed by atoms with E-state index in [4.69, 9.17) is 4.74 Å². The van der Waals surface area contributed by atoms with E-state index in [0.717, 1.165) is 24.9 Å². The molecule has 1 heterocycles. The number of ether oxygens (including phenoxy) is 1. The second kappa shape index (κ2) is 3.39. The Morgan fingerprint density at radius 2 is 1.94 bits per heavy atom. The Morgan fingerprint density at radius 1 is 1.29 bits per heavy atom. The highest BCUT2D eigenvalue weighted by Gasteiger charge is 2.61. The van der Waals surface area contributed by atoms with E-state index in [-0.39, 0.29) is 11.7 Å². The molecule has 0 spiro atoms. The smallest absolute Gasteiger partial charge is 0.410 e. The van der Waals surface area contributed by atoms with Crippen LogP contribution in [-0.2, 0) is 4.74 Å². The molecule has 1 atom stereocenters. The molecular formula is C14H23NO2. The molecule has 0 aromatic heterocycles. The Morgan fingerprint density at radius 3 is 2.41 bits per heavy atom. The van der Waals surface area contributed by atoms with Gasteiger partial charge in [-0.25, -0.2) is 4.79 Å². The number of carbonyl (C=O) groups is 1. The predicted molar refractivity (Wildman–Crippen MR) is 65.7 cm³/mol. The molecule has 96 valence electrons. The van der Waals surface area contributed by atoms with Gasteiger partial charge >= 0.3 is 6.09 Å². The maximum Gasteiger partial charge on any atom is 0.410 e. The molecule has 0 radical (unpaired) electrons. The minimum atomic E-state index is -0.370. The Kier molecular flexibility index (Phi) is 2.27. The van der Waals surface area contributed by atoms with Crippen LogP contribution in [0.4, 0.5) is 4.79 Å². The van der Waals surface area contributed by atoms with Crippen molar-refractivity contribution in [3.8, 4) is 0 Å². The first-order valence-electron chi connectivity index (χ1n) is 6.86. The van der Waals surface area contributed by atoms with Gasteiger partial charge in [-0.05, 0) is 63.7 Å². The van der Waals surface area contributed by atoms with Gasteiger partial charge in [-0.3, -0.25) is 0 Å². The van der Waals surface area contributed by atoms with Crippen LogP contribution < -0.4 is 0 Å². The van der Waals surface area contributed by atoms with Crippen molar-refractivity contribution < 1.29 is 9.53 Å². The van der Waals surface area contributed by atoms with Gasteiger partial charge in [-0.1, -0.05) is 0 Å². The van der Waals surface area contributed by atoms with E-state index in [0.29, 0.717) is 5.41 Å². The number of nitrogens with zero attached hydrogens (tertiary/aromatic N) is 1. The third-order valence-corrected chi connectivity index (χ3v) is 4.79. The lowest BCUT2D eigenvalue weighted by Gasteiger charge is -2.65. The molecule has 2 bridgehead atoms. The first-order valence-corrected chi connectivity index (χ1v) is 6.86. The second-order valence-electron chi connectivity index (χ2n) is 7.25. The Hall–Kier alpha value is -0.730. The van der Waals surface area contributed by atoms with E-state index >= 15 is 0 Å². The fraction of sp³-hybridized carbons (Fsp3) is 0.929. The van der Waals surface area contributed by atoms with Crippen molar-refractivity contribution in [2.24, 2.45) is 17.3 Å². The molecule has 4 aliphatic rings. The molecule has 0 aromatic rings. The number of carbonyl (C=O) groups excluding carboxylic acids is 1. The topological polar surface area (TPSA) is 29.5 Å². The van der Waals surface area contributed by atoms with Crippen molar-refractivity contribution in [2.45, 2.75) is 52.1 Å². The van der Waals surface area contributed by atoms with Crippen LogP contribution in [0.1, 0.15) is 46.5 Å². The average molecular weight is 237 g/mol. The van der Waals surface area contributed by atoms with Crippen molar-refractivity contribution in [1.29, 1.82) is 0 Å². The van der Waals surface area contributed by atoms with Gasteiger partial charge in [-0.15, -0.1) is 0 Å². The monoisotopic (exact) mass is 237 g/mol. The van der Waals surface area contributed by atoms with E-state index in [2.05, 4.69) is 0 Å². The van der Waals surface area contributed by atoms with Gasteiger partial charge in [0, 0.05) is 13.1 Å². The maximum absolute atomic E-state index is 12.0. The summed E-state index contributed by atoms with van der Waals surface area (Å²) in [7, 11) is 0. The molecular weight excluding hydrogens is 214 g/mol. The van der Waals surface area contributed by atoms with Gasteiger partial charge in [0.1, 0.15) is 5.60 Å². The van der Waals surface area contributed by atoms with Gasteiger partial charge in [0.2, 0.25) is 0 Å². The molecule has 1 saturated heterocycles. The molecule has 4 rings (SSSR count). The molecule has 17 heavy (non-hydrogen) atoms. The zero-order valence-corrected chi connectivity index (χ0v) is 11.2. The Labute approximate surface area is 104 Å². The summed E-state index contributed by atoms with van der Waals surface area (Å²) in [4.78, 5) is 13.9. The van der Waals surface area contributed by atoms with Crippen LogP contribution in [0.2, 0.25) is 0 Å². The summed E-state index contributed by atoms with van der Waals surface area (Å²) in [6, 6.07) is 0. The van der Waals surface area contributed by atoms with Gasteiger partial charge in [-0.2, -0.15) is 0 Å². The highest BCUT2D eigenvalue weighted by Crippen LogP contribution is 2.69. The van der Waals surface area contributed by atoms with Crippen LogP contribution in [0.5, 0.6) is 0 Å². The second-order valence-corrected chi connectivity index (χ2v) is 7.25. The average Bonchev–Trinajstić information content (AvgIpc) is 2.43. The SMILES string of the molecule is CC(C)(C)OC(=O)N1CCC(C23CC(C2)C3)C1. The predicted octanol–water partition coefficient (Wildman–Crippen LogP) is 3.04. The molecule has 3 heteroatoms.